The van der Waals surface area contributed by atoms with E-state index in [1.807, 2.05) is 29.8 Å². The molecule has 0 saturated carbocycles. The Kier molecular flexibility index (Phi) is 2.01. The number of hydrogen-bond donors (Lipinski definition) is 0. The van der Waals surface area contributed by atoms with Crippen LogP contribution in [-0.4, -0.2) is 9.97 Å². The van der Waals surface area contributed by atoms with Crippen molar-refractivity contribution in [3.8, 4) is 0 Å². The monoisotopic (exact) mass is 292 g/mol. The van der Waals surface area contributed by atoms with Gasteiger partial charge in [-0.15, -0.1) is 22.7 Å². The molecule has 5 aromatic rings. The Hall–Kier alpha value is -2.04. The molecule has 0 N–H and O–H groups in total. The van der Waals surface area contributed by atoms with Crippen molar-refractivity contribution in [2.45, 2.75) is 0 Å². The van der Waals surface area contributed by atoms with Crippen molar-refractivity contribution in [1.82, 2.24) is 9.97 Å². The number of rotatable bonds is 0. The molecule has 0 aliphatic heterocycles. The summed E-state index contributed by atoms with van der Waals surface area (Å²) in [7, 11) is 0. The van der Waals surface area contributed by atoms with E-state index in [0.717, 1.165) is 16.4 Å². The van der Waals surface area contributed by atoms with Crippen LogP contribution < -0.4 is 0 Å². The van der Waals surface area contributed by atoms with Crippen LogP contribution in [0.15, 0.2) is 48.1 Å². The van der Waals surface area contributed by atoms with Gasteiger partial charge in [-0.2, -0.15) is 0 Å². The molecule has 0 aliphatic carbocycles. The molecule has 0 spiro atoms. The third-order valence-electron chi connectivity index (χ3n) is 3.65. The fraction of sp³-hybridized carbons (Fsp3) is 0. The van der Waals surface area contributed by atoms with Crippen LogP contribution in [0.3, 0.4) is 0 Å². The summed E-state index contributed by atoms with van der Waals surface area (Å²) in [6.45, 7) is 0. The normalized spacial score (nSPS) is 12.0. The van der Waals surface area contributed by atoms with Crippen LogP contribution in [0.4, 0.5) is 0 Å². The second kappa shape index (κ2) is 3.75. The van der Waals surface area contributed by atoms with Gasteiger partial charge >= 0.3 is 0 Å². The fourth-order valence-electron chi connectivity index (χ4n) is 2.77. The maximum absolute atomic E-state index is 4.66. The molecular weight excluding hydrogens is 284 g/mol. The lowest BCUT2D eigenvalue weighted by atomic mass is 10.1. The molecule has 0 saturated heterocycles. The predicted molar refractivity (Wildman–Crippen MR) is 87.8 cm³/mol. The van der Waals surface area contributed by atoms with Crippen molar-refractivity contribution in [3.63, 3.8) is 0 Å². The molecule has 4 aromatic heterocycles. The Bertz CT molecular complexity index is 1100. The number of fused-ring (bicyclic) bond motifs is 7. The van der Waals surface area contributed by atoms with Crippen LogP contribution in [-0.2, 0) is 0 Å². The van der Waals surface area contributed by atoms with Gasteiger partial charge in [0.1, 0.15) is 0 Å². The average Bonchev–Trinajstić information content (AvgIpc) is 3.06. The summed E-state index contributed by atoms with van der Waals surface area (Å²) >= 11 is 3.62. The van der Waals surface area contributed by atoms with E-state index in [1.165, 1.54) is 24.9 Å². The van der Waals surface area contributed by atoms with Crippen LogP contribution in [0.2, 0.25) is 0 Å². The predicted octanol–water partition coefficient (Wildman–Crippen LogP) is 5.21. The third kappa shape index (κ3) is 1.27. The van der Waals surface area contributed by atoms with Crippen molar-refractivity contribution >= 4 is 64.0 Å². The third-order valence-corrected chi connectivity index (χ3v) is 5.80. The first kappa shape index (κ1) is 10.7. The minimum Gasteiger partial charge on any atom is -0.254 e. The van der Waals surface area contributed by atoms with Crippen LogP contribution >= 0.6 is 22.7 Å². The summed E-state index contributed by atoms with van der Waals surface area (Å²) in [5, 5.41) is 5.84. The van der Waals surface area contributed by atoms with Crippen LogP contribution in [0.5, 0.6) is 0 Å². The second-order valence-corrected chi connectivity index (χ2v) is 6.75. The van der Waals surface area contributed by atoms with Crippen molar-refractivity contribution < 1.29 is 0 Å². The van der Waals surface area contributed by atoms with Gasteiger partial charge in [0, 0.05) is 33.3 Å². The Balaban J connectivity index is 2.13. The SMILES string of the molecule is c1cnc2c(c1)ccc1c2ncc2sc3ccsc3c21. The van der Waals surface area contributed by atoms with Crippen LogP contribution in [0.25, 0.3) is 41.3 Å². The average molecular weight is 292 g/mol. The molecule has 0 radical (unpaired) electrons. The Morgan fingerprint density at radius 1 is 0.900 bits per heavy atom. The summed E-state index contributed by atoms with van der Waals surface area (Å²) in [6.07, 6.45) is 3.82. The van der Waals surface area contributed by atoms with Crippen LogP contribution in [0.1, 0.15) is 0 Å². The zero-order valence-corrected chi connectivity index (χ0v) is 12.0. The summed E-state index contributed by atoms with van der Waals surface area (Å²) in [5.41, 5.74) is 1.99. The Morgan fingerprint density at radius 2 is 1.90 bits per heavy atom. The van der Waals surface area contributed by atoms with E-state index >= 15 is 0 Å². The molecule has 0 aliphatic rings. The molecule has 1 aromatic carbocycles. The largest absolute Gasteiger partial charge is 0.254 e. The molecule has 5 rings (SSSR count). The Labute approximate surface area is 122 Å². The van der Waals surface area contributed by atoms with Crippen LogP contribution in [0, 0.1) is 0 Å². The highest BCUT2D eigenvalue weighted by Crippen LogP contribution is 2.41. The van der Waals surface area contributed by atoms with Gasteiger partial charge in [0.15, 0.2) is 0 Å². The van der Waals surface area contributed by atoms with Crippen molar-refractivity contribution in [3.05, 3.63) is 48.1 Å². The number of benzene rings is 1. The molecule has 0 fully saturated rings. The molecule has 0 bridgehead atoms. The van der Waals surface area contributed by atoms with Crippen molar-refractivity contribution in [2.75, 3.05) is 0 Å². The van der Waals surface area contributed by atoms with Crippen molar-refractivity contribution in [2.24, 2.45) is 0 Å². The van der Waals surface area contributed by atoms with E-state index in [1.54, 1.807) is 11.3 Å². The molecular formula is C16H8N2S2. The first-order valence-corrected chi connectivity index (χ1v) is 8.03. The van der Waals surface area contributed by atoms with Gasteiger partial charge in [0.05, 0.1) is 20.4 Å². The van der Waals surface area contributed by atoms with Gasteiger partial charge in [-0.25, -0.2) is 0 Å². The fourth-order valence-corrected chi connectivity index (χ4v) is 5.04. The van der Waals surface area contributed by atoms with E-state index in [4.69, 9.17) is 0 Å². The maximum atomic E-state index is 4.66. The highest BCUT2D eigenvalue weighted by Gasteiger charge is 2.12. The lowest BCUT2D eigenvalue weighted by Crippen LogP contribution is -1.84. The van der Waals surface area contributed by atoms with Gasteiger partial charge in [-0.3, -0.25) is 9.97 Å². The standard InChI is InChI=1S/C16H8N2S2/c1-2-9-3-4-10-13-12(20-11-5-7-19-16(11)13)8-18-15(10)14(9)17-6-1/h1-8H. The number of thiophene rings is 2. The molecule has 2 nitrogen and oxygen atoms in total. The molecule has 94 valence electrons. The number of nitrogens with zero attached hydrogens (tertiary/aromatic N) is 2. The maximum Gasteiger partial charge on any atom is 0.0972 e. The van der Waals surface area contributed by atoms with Gasteiger partial charge in [-0.05, 0) is 17.5 Å². The first-order chi connectivity index (χ1) is 9.92. The van der Waals surface area contributed by atoms with Gasteiger partial charge in [0.25, 0.3) is 0 Å². The lowest BCUT2D eigenvalue weighted by molar-refractivity contribution is 1.39. The summed E-state index contributed by atoms with van der Waals surface area (Å²) in [4.78, 5) is 9.18. The van der Waals surface area contributed by atoms with E-state index in [9.17, 15) is 0 Å². The van der Waals surface area contributed by atoms with E-state index in [2.05, 4.69) is 39.6 Å². The van der Waals surface area contributed by atoms with Crippen molar-refractivity contribution in [1.29, 1.82) is 0 Å². The number of pyridine rings is 2. The highest BCUT2D eigenvalue weighted by molar-refractivity contribution is 7.32. The quantitative estimate of drug-likeness (QED) is 0.366. The van der Waals surface area contributed by atoms with Gasteiger partial charge in [0.2, 0.25) is 0 Å². The molecule has 0 unspecified atom stereocenters. The smallest absolute Gasteiger partial charge is 0.0972 e. The summed E-state index contributed by atoms with van der Waals surface area (Å²) in [6, 6.07) is 10.6. The van der Waals surface area contributed by atoms with E-state index in [0.29, 0.717) is 0 Å². The minimum atomic E-state index is 0.989. The first-order valence-electron chi connectivity index (χ1n) is 6.34. The zero-order valence-electron chi connectivity index (χ0n) is 10.3. The lowest BCUT2D eigenvalue weighted by Gasteiger charge is -2.03. The number of hydrogen-bond acceptors (Lipinski definition) is 4. The summed E-state index contributed by atoms with van der Waals surface area (Å²) in [5.74, 6) is 0. The second-order valence-electron chi connectivity index (χ2n) is 4.75. The topological polar surface area (TPSA) is 25.8 Å². The molecule has 0 atom stereocenters. The highest BCUT2D eigenvalue weighted by atomic mass is 32.1. The molecule has 4 heterocycles. The molecule has 20 heavy (non-hydrogen) atoms. The van der Waals surface area contributed by atoms with Gasteiger partial charge in [-0.1, -0.05) is 18.2 Å². The van der Waals surface area contributed by atoms with E-state index in [-0.39, 0.29) is 0 Å². The summed E-state index contributed by atoms with van der Waals surface area (Å²) < 4.78 is 3.97. The Morgan fingerprint density at radius 3 is 2.90 bits per heavy atom. The molecule has 4 heteroatoms. The zero-order chi connectivity index (χ0) is 13.1. The van der Waals surface area contributed by atoms with Gasteiger partial charge < -0.3 is 0 Å². The molecule has 0 amide bonds. The number of aromatic nitrogens is 2. The van der Waals surface area contributed by atoms with E-state index < -0.39 is 0 Å². The minimum absolute atomic E-state index is 0.989.